The van der Waals surface area contributed by atoms with Crippen molar-refractivity contribution in [1.82, 2.24) is 0 Å². The van der Waals surface area contributed by atoms with E-state index in [1.165, 1.54) is 0 Å². The van der Waals surface area contributed by atoms with Crippen LogP contribution in [0, 0.1) is 10.2 Å². The van der Waals surface area contributed by atoms with Gasteiger partial charge in [0, 0.05) is 19.5 Å². The Hall–Kier alpha value is -3.09. The number of aliphatic hydroxyl groups excluding tert-OH is 1. The number of aliphatic hydroxyl groups is 1. The van der Waals surface area contributed by atoms with Gasteiger partial charge < -0.3 is 20.8 Å². The molecule has 12 heteroatoms. The van der Waals surface area contributed by atoms with Crippen LogP contribution in [-0.4, -0.2) is 41.2 Å². The summed E-state index contributed by atoms with van der Waals surface area (Å²) in [5, 5.41) is 35.8. The Balaban J connectivity index is 0.00000161. The molecule has 0 aliphatic carbocycles. The molecular formula is C29H32ClMnN2O8. The first-order valence-electron chi connectivity index (χ1n) is 11.7. The Morgan fingerprint density at radius 3 is 1.22 bits per heavy atom. The van der Waals surface area contributed by atoms with E-state index in [0.29, 0.717) is 11.1 Å². The van der Waals surface area contributed by atoms with Crippen LogP contribution < -0.4 is 28.8 Å². The van der Waals surface area contributed by atoms with Crippen LogP contribution in [0.15, 0.2) is 82.8 Å². The van der Waals surface area contributed by atoms with Gasteiger partial charge in [-0.1, -0.05) is 84.3 Å². The molecule has 0 unspecified atom stereocenters. The van der Waals surface area contributed by atoms with Crippen LogP contribution in [0.2, 0.25) is 0 Å². The van der Waals surface area contributed by atoms with Gasteiger partial charge >= 0.3 is 17.1 Å². The molecule has 0 bridgehead atoms. The minimum atomic E-state index is -4.94. The van der Waals surface area contributed by atoms with Gasteiger partial charge in [0.15, 0.2) is 0 Å². The van der Waals surface area contributed by atoms with Gasteiger partial charge in [0.1, 0.15) is 0 Å². The molecule has 3 N–H and O–H groups in total. The number of halogens is 1. The van der Waals surface area contributed by atoms with Gasteiger partial charge in [-0.2, -0.15) is 0 Å². The molecule has 0 spiro atoms. The molecule has 0 aliphatic heterocycles. The Labute approximate surface area is 251 Å². The SMILES string of the molecule is CC(C)(N=Cc1c([O-])ccc2ccccc12)C(C)(C)N=Cc1c([O-])ccc2ccccc12.CO.O.[Mn+3].[O-][Cl+3]([O-])([O-])[O-]. The molecule has 41 heavy (non-hydrogen) atoms. The first-order chi connectivity index (χ1) is 18.2. The minimum absolute atomic E-state index is 0. The van der Waals surface area contributed by atoms with Gasteiger partial charge in [-0.05, 0) is 60.4 Å². The number of fused-ring (bicyclic) bond motifs is 2. The topological polar surface area (TPSA) is 215 Å². The number of benzene rings is 4. The molecule has 0 fully saturated rings. The largest absolute Gasteiger partial charge is 3.00 e. The molecule has 0 aromatic heterocycles. The van der Waals surface area contributed by atoms with Gasteiger partial charge in [-0.25, -0.2) is 18.6 Å². The standard InChI is InChI=1S/C28H28N2O2.CH4O.ClHO4.Mn.H2O/c1-27(2,29-17-23-21-11-7-5-9-19(21)13-15-25(23)31)28(3,4)30-18-24-22-12-8-6-10-20(22)14-16-26(24)32;1-2;2-1(3,4)5;;/h5-18,31-32H,1-4H3;2H,1H3;(H,2,3,4,5);;1H2/q;;;+3;/p-3. The molecule has 0 radical (unpaired) electrons. The maximum atomic E-state index is 12.5. The van der Waals surface area contributed by atoms with Crippen molar-refractivity contribution < 1.29 is 66.7 Å². The summed E-state index contributed by atoms with van der Waals surface area (Å²) in [4.78, 5) is 9.58. The molecule has 0 saturated heterocycles. The van der Waals surface area contributed by atoms with Crippen molar-refractivity contribution in [1.29, 1.82) is 0 Å². The Morgan fingerprint density at radius 1 is 0.610 bits per heavy atom. The zero-order valence-electron chi connectivity index (χ0n) is 23.1. The summed E-state index contributed by atoms with van der Waals surface area (Å²) in [5.74, 6) is -0.118. The predicted octanol–water partition coefficient (Wildman–Crippen LogP) is -0.739. The number of nitrogens with zero attached hydrogens (tertiary/aromatic N) is 2. The summed E-state index contributed by atoms with van der Waals surface area (Å²) >= 11 is 0. The fourth-order valence-corrected chi connectivity index (χ4v) is 3.59. The Morgan fingerprint density at radius 2 is 0.902 bits per heavy atom. The van der Waals surface area contributed by atoms with Crippen LogP contribution in [0.5, 0.6) is 11.5 Å². The number of hydrogen-bond acceptors (Lipinski definition) is 9. The van der Waals surface area contributed by atoms with Crippen LogP contribution >= 0.6 is 0 Å². The molecule has 0 aliphatic rings. The average Bonchev–Trinajstić information content (AvgIpc) is 2.87. The Bertz CT molecular complexity index is 1360. The van der Waals surface area contributed by atoms with Crippen LogP contribution in [0.1, 0.15) is 38.8 Å². The van der Waals surface area contributed by atoms with Crippen molar-refractivity contribution in [3.63, 3.8) is 0 Å². The molecule has 4 aromatic carbocycles. The first kappa shape index (κ1) is 37.9. The molecule has 4 rings (SSSR count). The molecule has 4 aromatic rings. The maximum Gasteiger partial charge on any atom is 3.00 e. The third-order valence-electron chi connectivity index (χ3n) is 6.39. The second kappa shape index (κ2) is 15.8. The quantitative estimate of drug-likeness (QED) is 0.221. The predicted molar refractivity (Wildman–Crippen MR) is 142 cm³/mol. The molecule has 0 saturated carbocycles. The van der Waals surface area contributed by atoms with Crippen molar-refractivity contribution in [2.45, 2.75) is 38.8 Å². The molecular weight excluding hydrogens is 595 g/mol. The van der Waals surface area contributed by atoms with E-state index in [4.69, 9.17) is 33.7 Å². The third-order valence-corrected chi connectivity index (χ3v) is 6.39. The van der Waals surface area contributed by atoms with Gasteiger partial charge in [0.05, 0.1) is 11.1 Å². The number of aliphatic imine (C=N–C) groups is 2. The molecule has 0 atom stereocenters. The smallest absolute Gasteiger partial charge is 0.872 e. The van der Waals surface area contributed by atoms with Gasteiger partial charge in [0.25, 0.3) is 0 Å². The monoisotopic (exact) mass is 626 g/mol. The van der Waals surface area contributed by atoms with E-state index in [1.807, 2.05) is 88.4 Å². The van der Waals surface area contributed by atoms with Crippen molar-refractivity contribution in [2.24, 2.45) is 9.98 Å². The van der Waals surface area contributed by atoms with Crippen molar-refractivity contribution in [2.75, 3.05) is 7.11 Å². The summed E-state index contributed by atoms with van der Waals surface area (Å²) in [6.07, 6.45) is 3.33. The van der Waals surface area contributed by atoms with E-state index in [-0.39, 0.29) is 34.0 Å². The number of hydrogen-bond donors (Lipinski definition) is 1. The molecule has 10 nitrogen and oxygen atoms in total. The zero-order valence-corrected chi connectivity index (χ0v) is 25.1. The fourth-order valence-electron chi connectivity index (χ4n) is 3.59. The van der Waals surface area contributed by atoms with E-state index in [1.54, 1.807) is 24.6 Å². The maximum absolute atomic E-state index is 12.5. The molecule has 0 amide bonds. The van der Waals surface area contributed by atoms with Gasteiger partial charge in [-0.15, -0.1) is 10.2 Å². The molecule has 0 heterocycles. The number of rotatable bonds is 5. The van der Waals surface area contributed by atoms with Crippen LogP contribution in [0.25, 0.3) is 21.5 Å². The van der Waals surface area contributed by atoms with Gasteiger partial charge in [0.2, 0.25) is 0 Å². The van der Waals surface area contributed by atoms with Gasteiger partial charge in [-0.3, -0.25) is 9.98 Å². The normalized spacial score (nSPS) is 11.8. The van der Waals surface area contributed by atoms with Crippen molar-refractivity contribution in [3.05, 3.63) is 83.9 Å². The average molecular weight is 627 g/mol. The minimum Gasteiger partial charge on any atom is -0.872 e. The molecule has 220 valence electrons. The van der Waals surface area contributed by atoms with Crippen LogP contribution in [-0.2, 0) is 17.1 Å². The second-order valence-electron chi connectivity index (χ2n) is 9.41. The summed E-state index contributed by atoms with van der Waals surface area (Å²) in [6, 6.07) is 22.4. The van der Waals surface area contributed by atoms with E-state index in [9.17, 15) is 10.2 Å². The summed E-state index contributed by atoms with van der Waals surface area (Å²) in [6.45, 7) is 7.94. The third kappa shape index (κ3) is 10.4. The Kier molecular flexibility index (Phi) is 14.6. The summed E-state index contributed by atoms with van der Waals surface area (Å²) in [7, 11) is -3.94. The van der Waals surface area contributed by atoms with Crippen LogP contribution in [0.4, 0.5) is 0 Å². The van der Waals surface area contributed by atoms with E-state index in [0.717, 1.165) is 28.7 Å². The van der Waals surface area contributed by atoms with E-state index >= 15 is 0 Å². The van der Waals surface area contributed by atoms with Crippen molar-refractivity contribution >= 4 is 34.0 Å². The van der Waals surface area contributed by atoms with Crippen molar-refractivity contribution in [3.8, 4) is 11.5 Å². The van der Waals surface area contributed by atoms with Crippen LogP contribution in [0.3, 0.4) is 0 Å². The van der Waals surface area contributed by atoms with E-state index < -0.39 is 21.3 Å². The summed E-state index contributed by atoms with van der Waals surface area (Å²) < 4.78 is 34.0. The van der Waals surface area contributed by atoms with E-state index in [2.05, 4.69) is 0 Å². The second-order valence-corrected chi connectivity index (χ2v) is 10.2. The first-order valence-corrected chi connectivity index (χ1v) is 13.0. The summed E-state index contributed by atoms with van der Waals surface area (Å²) in [5.41, 5.74) is -0.0974. The fraction of sp³-hybridized carbons (Fsp3) is 0.241. The zero-order chi connectivity index (χ0) is 29.4.